The van der Waals surface area contributed by atoms with Crippen LogP contribution < -0.4 is 5.32 Å². The number of aromatic nitrogens is 1. The summed E-state index contributed by atoms with van der Waals surface area (Å²) in [5, 5.41) is 5.46. The Bertz CT molecular complexity index is 569. The van der Waals surface area contributed by atoms with Gasteiger partial charge in [-0.2, -0.15) is 0 Å². The molecule has 6 heteroatoms. The summed E-state index contributed by atoms with van der Waals surface area (Å²) in [6.45, 7) is 2.56. The molecular weight excluding hydrogens is 312 g/mol. The quantitative estimate of drug-likeness (QED) is 0.822. The van der Waals surface area contributed by atoms with Crippen molar-refractivity contribution in [3.8, 4) is 0 Å². The fourth-order valence-electron chi connectivity index (χ4n) is 1.59. The molecule has 0 bridgehead atoms. The van der Waals surface area contributed by atoms with Crippen molar-refractivity contribution in [2.45, 2.75) is 23.4 Å². The maximum atomic E-state index is 11.5. The molecule has 0 atom stereocenters. The third-order valence-electron chi connectivity index (χ3n) is 2.52. The summed E-state index contributed by atoms with van der Waals surface area (Å²) < 4.78 is 0.985. The van der Waals surface area contributed by atoms with Gasteiger partial charge < -0.3 is 5.32 Å². The van der Waals surface area contributed by atoms with E-state index in [1.165, 1.54) is 5.56 Å². The third-order valence-corrected chi connectivity index (χ3v) is 4.91. The molecule has 2 aromatic rings. The number of thiazole rings is 1. The highest BCUT2D eigenvalue weighted by molar-refractivity contribution is 8.00. The summed E-state index contributed by atoms with van der Waals surface area (Å²) in [4.78, 5) is 15.9. The number of amides is 1. The maximum Gasteiger partial charge on any atom is 0.226 e. The van der Waals surface area contributed by atoms with Crippen molar-refractivity contribution < 1.29 is 4.79 Å². The van der Waals surface area contributed by atoms with Gasteiger partial charge in [0.1, 0.15) is 4.34 Å². The number of halogens is 1. The molecule has 0 saturated heterocycles. The molecule has 1 N–H and O–H groups in total. The number of likely N-dealkylation sites (N-methyl/N-ethyl adjacent to an activating group) is 1. The molecule has 0 saturated carbocycles. The van der Waals surface area contributed by atoms with Crippen molar-refractivity contribution in [3.63, 3.8) is 0 Å². The number of carbonyl (C=O) groups is 1. The van der Waals surface area contributed by atoms with E-state index >= 15 is 0 Å². The topological polar surface area (TPSA) is 42.0 Å². The van der Waals surface area contributed by atoms with E-state index in [-0.39, 0.29) is 5.91 Å². The van der Waals surface area contributed by atoms with Gasteiger partial charge in [-0.1, -0.05) is 35.5 Å². The number of thioether (sulfide) groups is 1. The van der Waals surface area contributed by atoms with Crippen LogP contribution in [0.4, 0.5) is 0 Å². The van der Waals surface area contributed by atoms with Gasteiger partial charge in [-0.25, -0.2) is 4.98 Å². The second kappa shape index (κ2) is 7.67. The fraction of sp³-hybridized carbons (Fsp3) is 0.286. The average Bonchev–Trinajstić information content (AvgIpc) is 2.86. The van der Waals surface area contributed by atoms with Gasteiger partial charge in [0, 0.05) is 22.7 Å². The van der Waals surface area contributed by atoms with Gasteiger partial charge in [-0.15, -0.1) is 11.3 Å². The smallest absolute Gasteiger partial charge is 0.226 e. The molecule has 3 nitrogen and oxygen atoms in total. The number of hydrogen-bond donors (Lipinski definition) is 1. The zero-order valence-corrected chi connectivity index (χ0v) is 13.4. The van der Waals surface area contributed by atoms with Gasteiger partial charge in [-0.05, 0) is 24.6 Å². The number of nitrogens with one attached hydrogen (secondary N) is 1. The predicted octanol–water partition coefficient (Wildman–Crippen LogP) is 3.77. The van der Waals surface area contributed by atoms with E-state index in [0.29, 0.717) is 13.0 Å². The van der Waals surface area contributed by atoms with Crippen LogP contribution in [-0.2, 0) is 17.0 Å². The van der Waals surface area contributed by atoms with Gasteiger partial charge >= 0.3 is 0 Å². The number of rotatable bonds is 6. The molecule has 0 aliphatic carbocycles. The Morgan fingerprint density at radius 1 is 1.40 bits per heavy atom. The lowest BCUT2D eigenvalue weighted by molar-refractivity contribution is -0.120. The summed E-state index contributed by atoms with van der Waals surface area (Å²) >= 11 is 9.10. The van der Waals surface area contributed by atoms with Crippen LogP contribution in [0.15, 0.2) is 34.0 Å². The molecule has 0 aliphatic rings. The summed E-state index contributed by atoms with van der Waals surface area (Å²) in [6.07, 6.45) is 0.353. The first-order valence-electron chi connectivity index (χ1n) is 6.25. The number of carbonyl (C=O) groups excluding carboxylic acids is 1. The maximum absolute atomic E-state index is 11.5. The first-order chi connectivity index (χ1) is 9.67. The van der Waals surface area contributed by atoms with Gasteiger partial charge in [-0.3, -0.25) is 4.79 Å². The van der Waals surface area contributed by atoms with E-state index in [1.807, 2.05) is 36.6 Å². The first-order valence-corrected chi connectivity index (χ1v) is 8.50. The molecule has 1 aromatic heterocycles. The molecule has 0 aliphatic heterocycles. The van der Waals surface area contributed by atoms with Crippen LogP contribution in [0.3, 0.4) is 0 Å². The minimum Gasteiger partial charge on any atom is -0.356 e. The molecule has 1 aromatic carbocycles. The van der Waals surface area contributed by atoms with E-state index in [4.69, 9.17) is 11.6 Å². The molecule has 2 rings (SSSR count). The van der Waals surface area contributed by atoms with E-state index in [0.717, 1.165) is 20.8 Å². The first kappa shape index (κ1) is 15.4. The predicted molar refractivity (Wildman–Crippen MR) is 85.5 cm³/mol. The monoisotopic (exact) mass is 326 g/mol. The van der Waals surface area contributed by atoms with Crippen molar-refractivity contribution in [2.75, 3.05) is 6.54 Å². The second-order valence-electron chi connectivity index (χ2n) is 4.15. The Morgan fingerprint density at radius 2 is 2.15 bits per heavy atom. The standard InChI is InChI=1S/C14H15ClN2OS2/c1-2-16-13(18)7-12-9-20-14(17-12)19-8-10-3-5-11(15)6-4-10/h3-6,9H,2,7-8H2,1H3,(H,16,18). The van der Waals surface area contributed by atoms with E-state index in [2.05, 4.69) is 10.3 Å². The SMILES string of the molecule is CCNC(=O)Cc1csc(SCc2ccc(Cl)cc2)n1. The zero-order valence-electron chi connectivity index (χ0n) is 11.1. The van der Waals surface area contributed by atoms with Crippen LogP contribution in [0.1, 0.15) is 18.2 Å². The van der Waals surface area contributed by atoms with Gasteiger partial charge in [0.2, 0.25) is 5.91 Å². The number of hydrogen-bond acceptors (Lipinski definition) is 4. The second-order valence-corrected chi connectivity index (χ2v) is 6.67. The highest BCUT2D eigenvalue weighted by Crippen LogP contribution is 2.26. The average molecular weight is 327 g/mol. The minimum absolute atomic E-state index is 0.0204. The molecule has 1 heterocycles. The van der Waals surface area contributed by atoms with Crippen molar-refractivity contribution >= 4 is 40.6 Å². The van der Waals surface area contributed by atoms with Crippen LogP contribution in [0.25, 0.3) is 0 Å². The van der Waals surface area contributed by atoms with Crippen LogP contribution in [0.2, 0.25) is 5.02 Å². The van der Waals surface area contributed by atoms with E-state index < -0.39 is 0 Å². The Kier molecular flexibility index (Phi) is 5.88. The third kappa shape index (κ3) is 4.81. The minimum atomic E-state index is 0.0204. The van der Waals surface area contributed by atoms with Crippen LogP contribution in [-0.4, -0.2) is 17.4 Å². The summed E-state index contributed by atoms with van der Waals surface area (Å²) in [7, 11) is 0. The fourth-order valence-corrected chi connectivity index (χ4v) is 3.51. The molecule has 0 spiro atoms. The molecule has 106 valence electrons. The number of nitrogens with zero attached hydrogens (tertiary/aromatic N) is 1. The Balaban J connectivity index is 1.86. The summed E-state index contributed by atoms with van der Waals surface area (Å²) in [6, 6.07) is 7.80. The highest BCUT2D eigenvalue weighted by Gasteiger charge is 2.07. The van der Waals surface area contributed by atoms with Crippen molar-refractivity contribution in [3.05, 3.63) is 45.9 Å². The summed E-state index contributed by atoms with van der Waals surface area (Å²) in [5.74, 6) is 0.873. The molecule has 0 radical (unpaired) electrons. The van der Waals surface area contributed by atoms with Gasteiger partial charge in [0.05, 0.1) is 12.1 Å². The van der Waals surface area contributed by atoms with Crippen molar-refractivity contribution in [1.82, 2.24) is 10.3 Å². The lowest BCUT2D eigenvalue weighted by Gasteiger charge is -1.99. The Morgan fingerprint density at radius 3 is 2.85 bits per heavy atom. The van der Waals surface area contributed by atoms with Gasteiger partial charge in [0.25, 0.3) is 0 Å². The molecular formula is C14H15ClN2OS2. The normalized spacial score (nSPS) is 10.5. The van der Waals surface area contributed by atoms with E-state index in [9.17, 15) is 4.79 Å². The Hall–Kier alpha value is -1.04. The van der Waals surface area contributed by atoms with Crippen LogP contribution >= 0.6 is 34.7 Å². The Labute approximate surface area is 131 Å². The van der Waals surface area contributed by atoms with Crippen LogP contribution in [0.5, 0.6) is 0 Å². The number of benzene rings is 1. The van der Waals surface area contributed by atoms with Crippen LogP contribution in [0, 0.1) is 0 Å². The van der Waals surface area contributed by atoms with Gasteiger partial charge in [0.15, 0.2) is 0 Å². The largest absolute Gasteiger partial charge is 0.356 e. The lowest BCUT2D eigenvalue weighted by Crippen LogP contribution is -2.24. The molecule has 1 amide bonds. The zero-order chi connectivity index (χ0) is 14.4. The van der Waals surface area contributed by atoms with Crippen molar-refractivity contribution in [1.29, 1.82) is 0 Å². The summed E-state index contributed by atoms with van der Waals surface area (Å²) in [5.41, 5.74) is 2.04. The van der Waals surface area contributed by atoms with E-state index in [1.54, 1.807) is 23.1 Å². The molecule has 0 fully saturated rings. The molecule has 0 unspecified atom stereocenters. The lowest BCUT2D eigenvalue weighted by atomic mass is 10.2. The highest BCUT2D eigenvalue weighted by atomic mass is 35.5. The molecule has 20 heavy (non-hydrogen) atoms. The van der Waals surface area contributed by atoms with Crippen molar-refractivity contribution in [2.24, 2.45) is 0 Å².